The van der Waals surface area contributed by atoms with Crippen LogP contribution in [0.3, 0.4) is 0 Å². The maximum atomic E-state index is 5.64. The highest BCUT2D eigenvalue weighted by Crippen LogP contribution is 2.20. The molecule has 0 aliphatic carbocycles. The molecule has 1 rings (SSSR count). The van der Waals surface area contributed by atoms with Crippen molar-refractivity contribution < 1.29 is 8.92 Å². The standard InChI is InChI=1S/C14H18O2S/c1-4-12-7-8-14(11-13(12)5-2)16-9-6-10-17-15-3/h4-5,7-8,11H,1-2,6,9-10H2,3H3. The second kappa shape index (κ2) is 7.98. The SMILES string of the molecule is C=Cc1ccc(OCCCSOC)cc1C=C. The van der Waals surface area contributed by atoms with Crippen LogP contribution in [0.25, 0.3) is 12.2 Å². The van der Waals surface area contributed by atoms with Crippen LogP contribution >= 0.6 is 12.0 Å². The van der Waals surface area contributed by atoms with E-state index in [-0.39, 0.29) is 0 Å². The molecule has 0 saturated carbocycles. The third-order valence-electron chi connectivity index (χ3n) is 2.26. The molecule has 1 aromatic carbocycles. The molecule has 17 heavy (non-hydrogen) atoms. The zero-order chi connectivity index (χ0) is 12.5. The van der Waals surface area contributed by atoms with Gasteiger partial charge in [-0.15, -0.1) is 0 Å². The molecule has 0 N–H and O–H groups in total. The highest BCUT2D eigenvalue weighted by molar-refractivity contribution is 7.94. The molecule has 0 amide bonds. The highest BCUT2D eigenvalue weighted by atomic mass is 32.2. The zero-order valence-corrected chi connectivity index (χ0v) is 11.0. The van der Waals surface area contributed by atoms with Gasteiger partial charge in [-0.3, -0.25) is 0 Å². The molecule has 0 aromatic heterocycles. The van der Waals surface area contributed by atoms with Crippen LogP contribution in [0.15, 0.2) is 31.4 Å². The van der Waals surface area contributed by atoms with Gasteiger partial charge in [-0.2, -0.15) is 0 Å². The summed E-state index contributed by atoms with van der Waals surface area (Å²) in [7, 11) is 1.68. The van der Waals surface area contributed by atoms with E-state index in [0.717, 1.165) is 29.1 Å². The van der Waals surface area contributed by atoms with Crippen molar-refractivity contribution in [1.29, 1.82) is 0 Å². The lowest BCUT2D eigenvalue weighted by Gasteiger charge is -2.08. The minimum absolute atomic E-state index is 0.695. The predicted molar refractivity (Wildman–Crippen MR) is 76.2 cm³/mol. The molecule has 0 radical (unpaired) electrons. The topological polar surface area (TPSA) is 18.5 Å². The van der Waals surface area contributed by atoms with Gasteiger partial charge in [0.15, 0.2) is 0 Å². The molecule has 92 valence electrons. The third-order valence-corrected chi connectivity index (χ3v) is 2.95. The van der Waals surface area contributed by atoms with Gasteiger partial charge in [0.05, 0.1) is 13.7 Å². The van der Waals surface area contributed by atoms with Crippen molar-refractivity contribution in [2.45, 2.75) is 6.42 Å². The van der Waals surface area contributed by atoms with Gasteiger partial charge in [-0.05, 0) is 41.7 Å². The van der Waals surface area contributed by atoms with Crippen LogP contribution in [0.4, 0.5) is 0 Å². The number of rotatable bonds is 8. The predicted octanol–water partition coefficient (Wildman–Crippen LogP) is 4.04. The highest BCUT2D eigenvalue weighted by Gasteiger charge is 1.99. The summed E-state index contributed by atoms with van der Waals surface area (Å²) in [5.74, 6) is 1.81. The van der Waals surface area contributed by atoms with Crippen molar-refractivity contribution in [1.82, 2.24) is 0 Å². The van der Waals surface area contributed by atoms with Gasteiger partial charge >= 0.3 is 0 Å². The maximum absolute atomic E-state index is 5.64. The molecule has 0 atom stereocenters. The van der Waals surface area contributed by atoms with Crippen molar-refractivity contribution in [3.05, 3.63) is 42.5 Å². The molecule has 2 nitrogen and oxygen atoms in total. The van der Waals surface area contributed by atoms with E-state index < -0.39 is 0 Å². The second-order valence-corrected chi connectivity index (χ2v) is 4.37. The molecular weight excluding hydrogens is 232 g/mol. The molecular formula is C14H18O2S. The van der Waals surface area contributed by atoms with E-state index in [1.165, 1.54) is 12.0 Å². The molecule has 0 saturated heterocycles. The fourth-order valence-electron chi connectivity index (χ4n) is 1.40. The van der Waals surface area contributed by atoms with E-state index in [9.17, 15) is 0 Å². The molecule has 0 aliphatic rings. The van der Waals surface area contributed by atoms with Crippen molar-refractivity contribution in [3.8, 4) is 5.75 Å². The first-order valence-corrected chi connectivity index (χ1v) is 6.40. The average Bonchev–Trinajstić information content (AvgIpc) is 2.38. The van der Waals surface area contributed by atoms with E-state index in [1.54, 1.807) is 7.11 Å². The Morgan fingerprint density at radius 1 is 1.24 bits per heavy atom. The van der Waals surface area contributed by atoms with Gasteiger partial charge in [0.25, 0.3) is 0 Å². The number of hydrogen-bond acceptors (Lipinski definition) is 3. The molecule has 3 heteroatoms. The van der Waals surface area contributed by atoms with Gasteiger partial charge in [0, 0.05) is 5.75 Å². The fraction of sp³-hybridized carbons (Fsp3) is 0.286. The van der Waals surface area contributed by atoms with E-state index >= 15 is 0 Å². The Morgan fingerprint density at radius 2 is 2.00 bits per heavy atom. The van der Waals surface area contributed by atoms with Crippen LogP contribution in [-0.4, -0.2) is 19.5 Å². The Hall–Kier alpha value is -1.19. The number of benzene rings is 1. The number of ether oxygens (including phenoxy) is 1. The first-order valence-electron chi connectivity index (χ1n) is 5.49. The van der Waals surface area contributed by atoms with Crippen LogP contribution in [-0.2, 0) is 4.18 Å². The van der Waals surface area contributed by atoms with E-state index in [2.05, 4.69) is 13.2 Å². The first kappa shape index (κ1) is 13.9. The summed E-state index contributed by atoms with van der Waals surface area (Å²) in [5, 5.41) is 0. The first-order chi connectivity index (χ1) is 8.31. The molecule has 0 aliphatic heterocycles. The van der Waals surface area contributed by atoms with Gasteiger partial charge in [0.2, 0.25) is 0 Å². The Morgan fingerprint density at radius 3 is 2.65 bits per heavy atom. The molecule has 0 spiro atoms. The Labute approximate surface area is 108 Å². The maximum Gasteiger partial charge on any atom is 0.119 e. The van der Waals surface area contributed by atoms with E-state index in [1.807, 2.05) is 30.4 Å². The van der Waals surface area contributed by atoms with Crippen LogP contribution < -0.4 is 4.74 Å². The van der Waals surface area contributed by atoms with Gasteiger partial charge in [-0.1, -0.05) is 31.4 Å². The van der Waals surface area contributed by atoms with Gasteiger partial charge in [0.1, 0.15) is 5.75 Å². The summed E-state index contributed by atoms with van der Waals surface area (Å²) in [6.07, 6.45) is 4.59. The van der Waals surface area contributed by atoms with Gasteiger partial charge in [-0.25, -0.2) is 0 Å². The molecule has 0 fully saturated rings. The van der Waals surface area contributed by atoms with E-state index in [0.29, 0.717) is 6.61 Å². The Bertz CT molecular complexity index is 374. The van der Waals surface area contributed by atoms with Crippen LogP contribution in [0.2, 0.25) is 0 Å². The molecule has 0 bridgehead atoms. The summed E-state index contributed by atoms with van der Waals surface area (Å²) in [6.45, 7) is 8.23. The largest absolute Gasteiger partial charge is 0.494 e. The average molecular weight is 250 g/mol. The summed E-state index contributed by atoms with van der Waals surface area (Å²) >= 11 is 1.45. The van der Waals surface area contributed by atoms with Crippen molar-refractivity contribution >= 4 is 24.2 Å². The van der Waals surface area contributed by atoms with E-state index in [4.69, 9.17) is 8.92 Å². The lowest BCUT2D eigenvalue weighted by molar-refractivity contribution is 0.317. The fourth-order valence-corrected chi connectivity index (χ4v) is 1.80. The summed E-state index contributed by atoms with van der Waals surface area (Å²) < 4.78 is 10.5. The third kappa shape index (κ3) is 4.67. The zero-order valence-electron chi connectivity index (χ0n) is 10.1. The second-order valence-electron chi connectivity index (χ2n) is 3.39. The molecule has 0 unspecified atom stereocenters. The Kier molecular flexibility index (Phi) is 6.51. The summed E-state index contributed by atoms with van der Waals surface area (Å²) in [5.41, 5.74) is 2.12. The van der Waals surface area contributed by atoms with Crippen LogP contribution in [0, 0.1) is 0 Å². The monoisotopic (exact) mass is 250 g/mol. The lowest BCUT2D eigenvalue weighted by atomic mass is 10.1. The van der Waals surface area contributed by atoms with Crippen LogP contribution in [0.5, 0.6) is 5.75 Å². The summed E-state index contributed by atoms with van der Waals surface area (Å²) in [6, 6.07) is 5.92. The number of hydrogen-bond donors (Lipinski definition) is 0. The normalized spacial score (nSPS) is 9.94. The minimum Gasteiger partial charge on any atom is -0.494 e. The molecule has 0 heterocycles. The quantitative estimate of drug-likeness (QED) is 0.512. The van der Waals surface area contributed by atoms with Crippen molar-refractivity contribution in [2.24, 2.45) is 0 Å². The van der Waals surface area contributed by atoms with Crippen molar-refractivity contribution in [3.63, 3.8) is 0 Å². The van der Waals surface area contributed by atoms with Gasteiger partial charge < -0.3 is 8.92 Å². The Balaban J connectivity index is 2.49. The summed E-state index contributed by atoms with van der Waals surface area (Å²) in [4.78, 5) is 0. The van der Waals surface area contributed by atoms with Crippen LogP contribution in [0.1, 0.15) is 17.5 Å². The minimum atomic E-state index is 0.695. The smallest absolute Gasteiger partial charge is 0.119 e. The lowest BCUT2D eigenvalue weighted by Crippen LogP contribution is -1.99. The van der Waals surface area contributed by atoms with Crippen molar-refractivity contribution in [2.75, 3.05) is 19.5 Å². The molecule has 1 aromatic rings.